The van der Waals surface area contributed by atoms with Crippen LogP contribution < -0.4 is 4.74 Å². The number of rotatable bonds is 4. The van der Waals surface area contributed by atoms with Crippen LogP contribution in [0.1, 0.15) is 25.6 Å². The summed E-state index contributed by atoms with van der Waals surface area (Å²) in [5.41, 5.74) is 0.894. The summed E-state index contributed by atoms with van der Waals surface area (Å²) in [7, 11) is 0. The van der Waals surface area contributed by atoms with Gasteiger partial charge in [0.25, 0.3) is 0 Å². The van der Waals surface area contributed by atoms with Crippen molar-refractivity contribution in [3.8, 4) is 5.75 Å². The van der Waals surface area contributed by atoms with E-state index < -0.39 is 0 Å². The highest BCUT2D eigenvalue weighted by atomic mass is 79.9. The van der Waals surface area contributed by atoms with Crippen LogP contribution in [0, 0.1) is 0 Å². The van der Waals surface area contributed by atoms with Crippen molar-refractivity contribution in [2.75, 3.05) is 0 Å². The fourth-order valence-electron chi connectivity index (χ4n) is 1.33. The van der Waals surface area contributed by atoms with Gasteiger partial charge in [0.1, 0.15) is 6.61 Å². The van der Waals surface area contributed by atoms with E-state index >= 15 is 0 Å². The van der Waals surface area contributed by atoms with Crippen LogP contribution >= 0.6 is 15.9 Å². The smallest absolute Gasteiger partial charge is 0.157 e. The van der Waals surface area contributed by atoms with Gasteiger partial charge in [-0.3, -0.25) is 9.67 Å². The van der Waals surface area contributed by atoms with Crippen LogP contribution in [0.3, 0.4) is 0 Å². The first kappa shape index (κ1) is 12.1. The number of halogens is 1. The van der Waals surface area contributed by atoms with E-state index in [9.17, 15) is 0 Å². The van der Waals surface area contributed by atoms with Crippen LogP contribution in [0.4, 0.5) is 0 Å². The molecular formula is C12H14BrN3O. The third-order valence-corrected chi connectivity index (χ3v) is 2.75. The van der Waals surface area contributed by atoms with Gasteiger partial charge < -0.3 is 4.74 Å². The van der Waals surface area contributed by atoms with Gasteiger partial charge in [-0.15, -0.1) is 0 Å². The minimum absolute atomic E-state index is 0.346. The second kappa shape index (κ2) is 5.31. The molecule has 0 saturated heterocycles. The van der Waals surface area contributed by atoms with Gasteiger partial charge in [-0.05, 0) is 41.9 Å². The van der Waals surface area contributed by atoms with Crippen molar-refractivity contribution >= 4 is 15.9 Å². The van der Waals surface area contributed by atoms with Crippen LogP contribution in [0.5, 0.6) is 5.75 Å². The van der Waals surface area contributed by atoms with Gasteiger partial charge in [-0.25, -0.2) is 0 Å². The van der Waals surface area contributed by atoms with Crippen LogP contribution in [0.15, 0.2) is 35.2 Å². The highest BCUT2D eigenvalue weighted by Gasteiger charge is 2.03. The molecule has 0 amide bonds. The van der Waals surface area contributed by atoms with E-state index in [0.717, 1.165) is 15.9 Å². The average molecular weight is 296 g/mol. The summed E-state index contributed by atoms with van der Waals surface area (Å²) in [6, 6.07) is 4.22. The van der Waals surface area contributed by atoms with Gasteiger partial charge in [0, 0.05) is 16.7 Å². The summed E-state index contributed by atoms with van der Waals surface area (Å²) in [5.74, 6) is 0.767. The summed E-state index contributed by atoms with van der Waals surface area (Å²) in [4.78, 5) is 4.24. The fraction of sp³-hybridized carbons (Fsp3) is 0.333. The van der Waals surface area contributed by atoms with Crippen molar-refractivity contribution < 1.29 is 4.74 Å². The average Bonchev–Trinajstić information content (AvgIpc) is 2.77. The van der Waals surface area contributed by atoms with Crippen LogP contribution in [0.25, 0.3) is 0 Å². The second-order valence-corrected chi connectivity index (χ2v) is 4.92. The Kier molecular flexibility index (Phi) is 3.78. The molecule has 0 unspecified atom stereocenters. The molecular weight excluding hydrogens is 282 g/mol. The normalized spacial score (nSPS) is 10.8. The molecule has 5 heteroatoms. The molecule has 0 atom stereocenters. The van der Waals surface area contributed by atoms with E-state index in [-0.39, 0.29) is 0 Å². The third-order valence-electron chi connectivity index (χ3n) is 2.28. The quantitative estimate of drug-likeness (QED) is 0.870. The van der Waals surface area contributed by atoms with Crippen molar-refractivity contribution in [3.63, 3.8) is 0 Å². The third kappa shape index (κ3) is 3.30. The molecule has 0 bridgehead atoms. The predicted molar refractivity (Wildman–Crippen MR) is 68.9 cm³/mol. The lowest BCUT2D eigenvalue weighted by molar-refractivity contribution is 0.300. The Balaban J connectivity index is 1.95. The first-order chi connectivity index (χ1) is 8.15. The Morgan fingerprint density at radius 1 is 1.35 bits per heavy atom. The van der Waals surface area contributed by atoms with E-state index in [1.807, 2.05) is 23.0 Å². The Labute approximate surface area is 109 Å². The minimum atomic E-state index is 0.346. The number of pyridine rings is 1. The molecule has 0 aliphatic carbocycles. The second-order valence-electron chi connectivity index (χ2n) is 4.01. The monoisotopic (exact) mass is 295 g/mol. The molecule has 0 radical (unpaired) electrons. The van der Waals surface area contributed by atoms with Crippen LogP contribution in [-0.2, 0) is 6.61 Å². The Morgan fingerprint density at radius 3 is 2.76 bits per heavy atom. The summed E-state index contributed by atoms with van der Waals surface area (Å²) in [5, 5.41) is 4.21. The van der Waals surface area contributed by atoms with Crippen molar-refractivity contribution in [2.24, 2.45) is 0 Å². The van der Waals surface area contributed by atoms with Crippen molar-refractivity contribution in [2.45, 2.75) is 26.5 Å². The maximum absolute atomic E-state index is 5.60. The number of hydrogen-bond acceptors (Lipinski definition) is 3. The summed E-state index contributed by atoms with van der Waals surface area (Å²) in [6.07, 6.45) is 5.37. The summed E-state index contributed by atoms with van der Waals surface area (Å²) in [6.45, 7) is 4.61. The largest absolute Gasteiger partial charge is 0.484 e. The summed E-state index contributed by atoms with van der Waals surface area (Å²) >= 11 is 3.34. The zero-order valence-electron chi connectivity index (χ0n) is 9.80. The SMILES string of the molecule is CC(C)n1cc(OCc2ccc(Br)cn2)cn1. The zero-order chi connectivity index (χ0) is 12.3. The first-order valence-electron chi connectivity index (χ1n) is 5.42. The highest BCUT2D eigenvalue weighted by molar-refractivity contribution is 9.10. The molecule has 0 aromatic carbocycles. The number of aromatic nitrogens is 3. The van der Waals surface area contributed by atoms with E-state index in [1.165, 1.54) is 0 Å². The lowest BCUT2D eigenvalue weighted by Gasteiger charge is -2.04. The fourth-order valence-corrected chi connectivity index (χ4v) is 1.56. The Hall–Kier alpha value is -1.36. The van der Waals surface area contributed by atoms with Crippen molar-refractivity contribution in [1.82, 2.24) is 14.8 Å². The lowest BCUT2D eigenvalue weighted by atomic mass is 10.4. The summed E-state index contributed by atoms with van der Waals surface area (Å²) < 4.78 is 8.43. The zero-order valence-corrected chi connectivity index (χ0v) is 11.4. The molecule has 0 aliphatic rings. The van der Waals surface area contributed by atoms with Crippen molar-refractivity contribution in [3.05, 3.63) is 40.9 Å². The molecule has 2 aromatic rings. The van der Waals surface area contributed by atoms with Gasteiger partial charge in [-0.1, -0.05) is 0 Å². The lowest BCUT2D eigenvalue weighted by Crippen LogP contribution is -2.00. The maximum Gasteiger partial charge on any atom is 0.157 e. The van der Waals surface area contributed by atoms with Gasteiger partial charge in [-0.2, -0.15) is 5.10 Å². The van der Waals surface area contributed by atoms with E-state index in [2.05, 4.69) is 39.9 Å². The molecule has 17 heavy (non-hydrogen) atoms. The van der Waals surface area contributed by atoms with Gasteiger partial charge in [0.15, 0.2) is 5.75 Å². The molecule has 2 rings (SSSR count). The molecule has 2 heterocycles. The van der Waals surface area contributed by atoms with Gasteiger partial charge in [0.05, 0.1) is 18.1 Å². The molecule has 4 nitrogen and oxygen atoms in total. The Bertz CT molecular complexity index is 479. The van der Waals surface area contributed by atoms with Gasteiger partial charge >= 0.3 is 0 Å². The predicted octanol–water partition coefficient (Wildman–Crippen LogP) is 3.20. The van der Waals surface area contributed by atoms with Crippen LogP contribution in [-0.4, -0.2) is 14.8 Å². The molecule has 0 N–H and O–H groups in total. The molecule has 2 aromatic heterocycles. The topological polar surface area (TPSA) is 39.9 Å². The maximum atomic E-state index is 5.60. The molecule has 90 valence electrons. The van der Waals surface area contributed by atoms with E-state index in [4.69, 9.17) is 4.74 Å². The first-order valence-corrected chi connectivity index (χ1v) is 6.22. The number of ether oxygens (including phenoxy) is 1. The van der Waals surface area contributed by atoms with E-state index in [0.29, 0.717) is 12.6 Å². The standard InChI is InChI=1S/C12H14BrN3O/c1-9(2)16-7-12(6-15-16)17-8-11-4-3-10(13)5-14-11/h3-7,9H,8H2,1-2H3. The molecule has 0 aliphatic heterocycles. The molecule has 0 fully saturated rings. The van der Waals surface area contributed by atoms with Gasteiger partial charge in [0.2, 0.25) is 0 Å². The minimum Gasteiger partial charge on any atom is -0.484 e. The van der Waals surface area contributed by atoms with Crippen molar-refractivity contribution in [1.29, 1.82) is 0 Å². The molecule has 0 saturated carbocycles. The molecule has 0 spiro atoms. The van der Waals surface area contributed by atoms with Crippen LogP contribution in [0.2, 0.25) is 0 Å². The highest BCUT2D eigenvalue weighted by Crippen LogP contribution is 2.14. The number of nitrogens with zero attached hydrogens (tertiary/aromatic N) is 3. The number of hydrogen-bond donors (Lipinski definition) is 0. The Morgan fingerprint density at radius 2 is 2.18 bits per heavy atom. The van der Waals surface area contributed by atoms with E-state index in [1.54, 1.807) is 12.4 Å².